The fraction of sp³-hybridized carbons (Fsp3) is 0.263. The van der Waals surface area contributed by atoms with E-state index in [9.17, 15) is 27.3 Å². The molecule has 0 aliphatic heterocycles. The largest absolute Gasteiger partial charge is 0.490 e. The molecule has 0 saturated carbocycles. The van der Waals surface area contributed by atoms with Gasteiger partial charge < -0.3 is 14.5 Å². The molecule has 7 nitrogen and oxygen atoms in total. The van der Waals surface area contributed by atoms with E-state index >= 15 is 0 Å². The number of ether oxygens (including phenoxy) is 1. The Morgan fingerprint density at radius 2 is 1.68 bits per heavy atom. The molecule has 2 atom stereocenters. The van der Waals surface area contributed by atoms with Crippen LogP contribution in [0.3, 0.4) is 0 Å². The maximum atomic E-state index is 11.7. The standard InChI is InChI=1S/C19H23O7PS/c1-2-8-16-11-6-7-12-18(16)26-17(13-15-9-4-3-5-10-15)14-19(27(20,21)22)28(23,24)25/h2-7,9-12,17,19H,1,8,13-14H2,(H2,20,21,22)(H,23,24,25). The zero-order valence-corrected chi connectivity index (χ0v) is 16.8. The van der Waals surface area contributed by atoms with E-state index in [0.29, 0.717) is 12.2 Å². The van der Waals surface area contributed by atoms with Crippen LogP contribution in [0, 0.1) is 0 Å². The van der Waals surface area contributed by atoms with Crippen LogP contribution < -0.4 is 4.74 Å². The second-order valence-electron chi connectivity index (χ2n) is 6.32. The molecule has 0 radical (unpaired) electrons. The van der Waals surface area contributed by atoms with Crippen molar-refractivity contribution >= 4 is 17.7 Å². The van der Waals surface area contributed by atoms with Crippen molar-refractivity contribution in [2.45, 2.75) is 30.4 Å². The lowest BCUT2D eigenvalue weighted by Gasteiger charge is -2.25. The molecule has 0 aromatic heterocycles. The van der Waals surface area contributed by atoms with Crippen molar-refractivity contribution in [3.05, 3.63) is 78.4 Å². The summed E-state index contributed by atoms with van der Waals surface area (Å²) in [5.74, 6) is 0.461. The quantitative estimate of drug-likeness (QED) is 0.303. The smallest absolute Gasteiger partial charge is 0.346 e. The second kappa shape index (κ2) is 9.49. The molecule has 2 rings (SSSR count). The predicted octanol–water partition coefficient (Wildman–Crippen LogP) is 3.19. The van der Waals surface area contributed by atoms with Crippen LogP contribution in [-0.4, -0.2) is 33.9 Å². The molecule has 0 aliphatic carbocycles. The first-order valence-corrected chi connectivity index (χ1v) is 11.7. The van der Waals surface area contributed by atoms with Crippen LogP contribution in [0.1, 0.15) is 17.5 Å². The van der Waals surface area contributed by atoms with Gasteiger partial charge in [0.15, 0.2) is 4.99 Å². The highest BCUT2D eigenvalue weighted by molar-refractivity contribution is 7.93. The maximum Gasteiger partial charge on any atom is 0.346 e. The number of hydrogen-bond donors (Lipinski definition) is 3. The summed E-state index contributed by atoms with van der Waals surface area (Å²) in [4.78, 5) is 16.6. The number of benzene rings is 2. The second-order valence-corrected chi connectivity index (χ2v) is 10.1. The van der Waals surface area contributed by atoms with Gasteiger partial charge in [0, 0.05) is 12.8 Å². The average molecular weight is 426 g/mol. The highest BCUT2D eigenvalue weighted by atomic mass is 32.2. The molecule has 2 unspecified atom stereocenters. The Balaban J connectivity index is 2.37. The Hall–Kier alpha value is -1.96. The van der Waals surface area contributed by atoms with E-state index in [1.807, 2.05) is 18.2 Å². The van der Waals surface area contributed by atoms with E-state index in [4.69, 9.17) is 4.74 Å². The molecule has 28 heavy (non-hydrogen) atoms. The van der Waals surface area contributed by atoms with Crippen molar-refractivity contribution < 1.29 is 32.1 Å². The summed E-state index contributed by atoms with van der Waals surface area (Å²) in [5, 5.41) is 0. The number of para-hydroxylation sites is 1. The van der Waals surface area contributed by atoms with Crippen LogP contribution in [0.25, 0.3) is 0 Å². The van der Waals surface area contributed by atoms with Gasteiger partial charge in [-0.3, -0.25) is 9.12 Å². The summed E-state index contributed by atoms with van der Waals surface area (Å²) in [6, 6.07) is 16.1. The molecule has 0 spiro atoms. The van der Waals surface area contributed by atoms with E-state index in [1.165, 1.54) is 0 Å². The third-order valence-corrected chi connectivity index (χ3v) is 7.58. The van der Waals surface area contributed by atoms with Gasteiger partial charge >= 0.3 is 7.60 Å². The first kappa shape index (κ1) is 22.3. The van der Waals surface area contributed by atoms with E-state index < -0.39 is 35.2 Å². The molecule has 0 heterocycles. The lowest BCUT2D eigenvalue weighted by atomic mass is 10.1. The molecule has 9 heteroatoms. The Bertz CT molecular complexity index is 938. The van der Waals surface area contributed by atoms with Gasteiger partial charge in [0.05, 0.1) is 0 Å². The Morgan fingerprint density at radius 1 is 1.07 bits per heavy atom. The van der Waals surface area contributed by atoms with Crippen LogP contribution in [0.4, 0.5) is 0 Å². The van der Waals surface area contributed by atoms with Crippen LogP contribution in [0.15, 0.2) is 67.3 Å². The van der Waals surface area contributed by atoms with Gasteiger partial charge in [-0.15, -0.1) is 6.58 Å². The molecule has 3 N–H and O–H groups in total. The molecule has 0 bridgehead atoms. The molecule has 2 aromatic rings. The fourth-order valence-electron chi connectivity index (χ4n) is 2.83. The highest BCUT2D eigenvalue weighted by Gasteiger charge is 2.42. The Kier molecular flexibility index (Phi) is 7.57. The van der Waals surface area contributed by atoms with E-state index in [2.05, 4.69) is 6.58 Å². The van der Waals surface area contributed by atoms with Crippen LogP contribution in [0.2, 0.25) is 0 Å². The van der Waals surface area contributed by atoms with E-state index in [1.54, 1.807) is 42.5 Å². The Morgan fingerprint density at radius 3 is 2.25 bits per heavy atom. The van der Waals surface area contributed by atoms with Gasteiger partial charge in [0.1, 0.15) is 11.9 Å². The number of allylic oxidation sites excluding steroid dienone is 1. The van der Waals surface area contributed by atoms with Crippen LogP contribution in [-0.2, 0) is 27.5 Å². The first-order valence-electron chi connectivity index (χ1n) is 8.52. The molecule has 0 amide bonds. The van der Waals surface area contributed by atoms with Gasteiger partial charge in [-0.2, -0.15) is 8.42 Å². The van der Waals surface area contributed by atoms with Gasteiger partial charge in [0.25, 0.3) is 10.1 Å². The highest BCUT2D eigenvalue weighted by Crippen LogP contribution is 2.46. The van der Waals surface area contributed by atoms with Crippen molar-refractivity contribution in [3.8, 4) is 5.75 Å². The SMILES string of the molecule is C=CCc1ccccc1OC(Cc1ccccc1)CC(P(=O)(O)O)S(=O)(=O)O. The maximum absolute atomic E-state index is 11.7. The van der Waals surface area contributed by atoms with E-state index in [-0.39, 0.29) is 6.42 Å². The summed E-state index contributed by atoms with van der Waals surface area (Å²) in [6.07, 6.45) is 0.933. The Labute approximate surface area is 164 Å². The third kappa shape index (κ3) is 6.58. The molecule has 0 fully saturated rings. The average Bonchev–Trinajstić information content (AvgIpc) is 2.60. The predicted molar refractivity (Wildman–Crippen MR) is 107 cm³/mol. The monoisotopic (exact) mass is 426 g/mol. The first-order chi connectivity index (χ1) is 13.1. The van der Waals surface area contributed by atoms with Crippen molar-refractivity contribution in [3.63, 3.8) is 0 Å². The van der Waals surface area contributed by atoms with Gasteiger partial charge in [0.2, 0.25) is 0 Å². The van der Waals surface area contributed by atoms with Gasteiger partial charge in [-0.1, -0.05) is 54.6 Å². The summed E-state index contributed by atoms with van der Waals surface area (Å²) in [7, 11) is -10.1. The molecule has 0 aliphatic rings. The van der Waals surface area contributed by atoms with Gasteiger partial charge in [-0.25, -0.2) is 0 Å². The molecule has 0 saturated heterocycles. The number of rotatable bonds is 10. The molecular formula is C19H23O7PS. The lowest BCUT2D eigenvalue weighted by Crippen LogP contribution is -2.31. The zero-order valence-electron chi connectivity index (χ0n) is 15.1. The molecule has 2 aromatic carbocycles. The minimum absolute atomic E-state index is 0.204. The van der Waals surface area contributed by atoms with Crippen molar-refractivity contribution in [1.82, 2.24) is 0 Å². The molecule has 152 valence electrons. The third-order valence-electron chi connectivity index (χ3n) is 4.12. The minimum Gasteiger partial charge on any atom is -0.490 e. The summed E-state index contributed by atoms with van der Waals surface area (Å²) >= 11 is 0. The number of hydrogen-bond acceptors (Lipinski definition) is 4. The topological polar surface area (TPSA) is 121 Å². The van der Waals surface area contributed by atoms with Crippen molar-refractivity contribution in [1.29, 1.82) is 0 Å². The molecular weight excluding hydrogens is 403 g/mol. The van der Waals surface area contributed by atoms with Crippen LogP contribution in [0.5, 0.6) is 5.75 Å². The summed E-state index contributed by atoms with van der Waals surface area (Å²) in [6.45, 7) is 3.69. The van der Waals surface area contributed by atoms with Crippen molar-refractivity contribution in [2.24, 2.45) is 0 Å². The van der Waals surface area contributed by atoms with Crippen molar-refractivity contribution in [2.75, 3.05) is 0 Å². The summed E-state index contributed by atoms with van der Waals surface area (Å²) in [5.41, 5.74) is 1.60. The zero-order chi connectivity index (χ0) is 20.8. The van der Waals surface area contributed by atoms with E-state index in [0.717, 1.165) is 11.1 Å². The summed E-state index contributed by atoms with van der Waals surface area (Å²) < 4.78 is 50.1. The van der Waals surface area contributed by atoms with Gasteiger partial charge in [-0.05, 0) is 23.6 Å². The lowest BCUT2D eigenvalue weighted by molar-refractivity contribution is 0.189. The normalized spacial score (nSPS) is 14.2. The fourth-order valence-corrected chi connectivity index (χ4v) is 5.19. The minimum atomic E-state index is -5.12. The van der Waals surface area contributed by atoms with Crippen LogP contribution >= 0.6 is 7.60 Å².